The van der Waals surface area contributed by atoms with Crippen molar-refractivity contribution in [3.05, 3.63) is 40.2 Å². The second-order valence-electron chi connectivity index (χ2n) is 3.98. The first-order valence-corrected chi connectivity index (χ1v) is 6.58. The number of nitrogens with zero attached hydrogens (tertiary/aromatic N) is 4. The Kier molecular flexibility index (Phi) is 4.50. The number of ketones is 1. The van der Waals surface area contributed by atoms with E-state index in [1.54, 1.807) is 4.68 Å². The highest BCUT2D eigenvalue weighted by atomic mass is 35.5. The molecule has 7 heteroatoms. The van der Waals surface area contributed by atoms with Crippen molar-refractivity contribution < 1.29 is 4.79 Å². The molecule has 100 valence electrons. The maximum atomic E-state index is 12.1. The predicted molar refractivity (Wildman–Crippen MR) is 72.6 cm³/mol. The average molecular weight is 299 g/mol. The molecule has 0 aliphatic heterocycles. The van der Waals surface area contributed by atoms with Crippen LogP contribution in [0, 0.1) is 0 Å². The third kappa shape index (κ3) is 3.30. The minimum absolute atomic E-state index is 0.119. The Labute approximate surface area is 120 Å². The lowest BCUT2D eigenvalue weighted by molar-refractivity contribution is 0.0984. The summed E-state index contributed by atoms with van der Waals surface area (Å²) in [6.07, 6.45) is 3.88. The van der Waals surface area contributed by atoms with Crippen LogP contribution in [0.1, 0.15) is 29.7 Å². The molecule has 5 nitrogen and oxygen atoms in total. The molecule has 0 radical (unpaired) electrons. The van der Waals surface area contributed by atoms with Crippen LogP contribution in [-0.4, -0.2) is 25.5 Å². The van der Waals surface area contributed by atoms with Crippen LogP contribution in [0.15, 0.2) is 18.6 Å². The van der Waals surface area contributed by atoms with Gasteiger partial charge in [0.25, 0.3) is 0 Å². The molecule has 0 bridgehead atoms. The quantitative estimate of drug-likeness (QED) is 0.796. The molecule has 0 unspecified atom stereocenters. The van der Waals surface area contributed by atoms with Crippen molar-refractivity contribution >= 4 is 29.0 Å². The minimum atomic E-state index is -0.202. The second kappa shape index (κ2) is 6.12. The van der Waals surface area contributed by atoms with Crippen LogP contribution in [0.25, 0.3) is 0 Å². The smallest absolute Gasteiger partial charge is 0.190 e. The van der Waals surface area contributed by atoms with Gasteiger partial charge in [0.15, 0.2) is 5.78 Å². The van der Waals surface area contributed by atoms with Crippen molar-refractivity contribution in [3.8, 4) is 0 Å². The number of Topliss-reactive ketones (excluding diaryl/α,β-unsaturated/α-hetero) is 1. The lowest BCUT2D eigenvalue weighted by Gasteiger charge is -2.05. The van der Waals surface area contributed by atoms with Crippen LogP contribution in [-0.2, 0) is 13.0 Å². The molecular weight excluding hydrogens is 287 g/mol. The first-order valence-electron chi connectivity index (χ1n) is 5.82. The van der Waals surface area contributed by atoms with Crippen molar-refractivity contribution in [1.82, 2.24) is 19.7 Å². The third-order valence-corrected chi connectivity index (χ3v) is 3.02. The molecule has 0 spiro atoms. The van der Waals surface area contributed by atoms with E-state index < -0.39 is 0 Å². The van der Waals surface area contributed by atoms with E-state index in [1.807, 2.05) is 6.92 Å². The zero-order chi connectivity index (χ0) is 13.8. The highest BCUT2D eigenvalue weighted by molar-refractivity contribution is 6.36. The lowest BCUT2D eigenvalue weighted by atomic mass is 10.2. The fraction of sp³-hybridized carbons (Fsp3) is 0.333. The topological polar surface area (TPSA) is 60.7 Å². The number of pyridine rings is 1. The Morgan fingerprint density at radius 2 is 2.16 bits per heavy atom. The Morgan fingerprint density at radius 3 is 2.84 bits per heavy atom. The highest BCUT2D eigenvalue weighted by Gasteiger charge is 2.16. The molecule has 0 saturated heterocycles. The fourth-order valence-corrected chi connectivity index (χ4v) is 2.16. The van der Waals surface area contributed by atoms with E-state index in [0.717, 1.165) is 13.0 Å². The van der Waals surface area contributed by atoms with Crippen molar-refractivity contribution in [2.75, 3.05) is 0 Å². The molecule has 0 amide bonds. The van der Waals surface area contributed by atoms with Crippen molar-refractivity contribution in [2.45, 2.75) is 26.3 Å². The normalized spacial score (nSPS) is 10.7. The van der Waals surface area contributed by atoms with Gasteiger partial charge in [-0.2, -0.15) is 5.10 Å². The van der Waals surface area contributed by atoms with Crippen molar-refractivity contribution in [1.29, 1.82) is 0 Å². The van der Waals surface area contributed by atoms with Gasteiger partial charge in [-0.3, -0.25) is 4.79 Å². The molecule has 0 saturated carbocycles. The van der Waals surface area contributed by atoms with Gasteiger partial charge in [-0.25, -0.2) is 14.6 Å². The summed E-state index contributed by atoms with van der Waals surface area (Å²) in [6, 6.07) is 1.50. The fourth-order valence-electron chi connectivity index (χ4n) is 1.67. The SMILES string of the molecule is CCCn1ncnc1CC(=O)c1ncc(Cl)cc1Cl. The first-order chi connectivity index (χ1) is 9.11. The molecule has 0 atom stereocenters. The zero-order valence-electron chi connectivity index (χ0n) is 10.3. The molecular formula is C12H12Cl2N4O. The van der Waals surface area contributed by atoms with E-state index in [2.05, 4.69) is 15.1 Å². The van der Waals surface area contributed by atoms with Crippen LogP contribution in [0.5, 0.6) is 0 Å². The molecule has 19 heavy (non-hydrogen) atoms. The summed E-state index contributed by atoms with van der Waals surface area (Å²) in [5.74, 6) is 0.409. The summed E-state index contributed by atoms with van der Waals surface area (Å²) in [6.45, 7) is 2.76. The van der Waals surface area contributed by atoms with Crippen molar-refractivity contribution in [3.63, 3.8) is 0 Å². The standard InChI is InChI=1S/C12H12Cl2N4O/c1-2-3-18-11(16-7-17-18)5-10(19)12-9(14)4-8(13)6-15-12/h4,6-7H,2-3,5H2,1H3. The molecule has 2 rings (SSSR count). The first kappa shape index (κ1) is 14.0. The van der Waals surface area contributed by atoms with E-state index in [0.29, 0.717) is 10.8 Å². The molecule has 2 heterocycles. The van der Waals surface area contributed by atoms with Crippen LogP contribution < -0.4 is 0 Å². The van der Waals surface area contributed by atoms with Crippen LogP contribution in [0.4, 0.5) is 0 Å². The van der Waals surface area contributed by atoms with Gasteiger partial charge >= 0.3 is 0 Å². The summed E-state index contributed by atoms with van der Waals surface area (Å²) in [5, 5.41) is 4.72. The van der Waals surface area contributed by atoms with Crippen LogP contribution >= 0.6 is 23.2 Å². The number of hydrogen-bond donors (Lipinski definition) is 0. The van der Waals surface area contributed by atoms with Crippen LogP contribution in [0.3, 0.4) is 0 Å². The number of hydrogen-bond acceptors (Lipinski definition) is 4. The Hall–Kier alpha value is -1.46. The Balaban J connectivity index is 2.18. The molecule has 0 aliphatic rings. The molecule has 0 aromatic carbocycles. The van der Waals surface area contributed by atoms with Gasteiger partial charge in [0, 0.05) is 12.7 Å². The summed E-state index contributed by atoms with van der Waals surface area (Å²) < 4.78 is 1.71. The van der Waals surface area contributed by atoms with Gasteiger partial charge in [-0.15, -0.1) is 0 Å². The number of aromatic nitrogens is 4. The summed E-state index contributed by atoms with van der Waals surface area (Å²) in [4.78, 5) is 20.2. The maximum absolute atomic E-state index is 12.1. The Bertz CT molecular complexity index is 597. The van der Waals surface area contributed by atoms with Gasteiger partial charge in [0.1, 0.15) is 17.8 Å². The van der Waals surface area contributed by atoms with Crippen LogP contribution in [0.2, 0.25) is 10.0 Å². The van der Waals surface area contributed by atoms with Gasteiger partial charge in [0.05, 0.1) is 16.5 Å². The minimum Gasteiger partial charge on any atom is -0.292 e. The number of rotatable bonds is 5. The number of carbonyl (C=O) groups excluding carboxylic acids is 1. The van der Waals surface area contributed by atoms with Gasteiger partial charge < -0.3 is 0 Å². The van der Waals surface area contributed by atoms with E-state index in [4.69, 9.17) is 23.2 Å². The van der Waals surface area contributed by atoms with E-state index in [-0.39, 0.29) is 22.9 Å². The molecule has 2 aromatic rings. The molecule has 0 aliphatic carbocycles. The maximum Gasteiger partial charge on any atom is 0.190 e. The highest BCUT2D eigenvalue weighted by Crippen LogP contribution is 2.19. The van der Waals surface area contributed by atoms with Gasteiger partial charge in [-0.1, -0.05) is 30.1 Å². The second-order valence-corrected chi connectivity index (χ2v) is 4.83. The summed E-state index contributed by atoms with van der Waals surface area (Å²) >= 11 is 11.7. The van der Waals surface area contributed by atoms with E-state index in [1.165, 1.54) is 18.6 Å². The number of aryl methyl sites for hydroxylation is 1. The number of halogens is 2. The largest absolute Gasteiger partial charge is 0.292 e. The molecule has 0 N–H and O–H groups in total. The van der Waals surface area contributed by atoms with Gasteiger partial charge in [-0.05, 0) is 12.5 Å². The lowest BCUT2D eigenvalue weighted by Crippen LogP contribution is -2.13. The van der Waals surface area contributed by atoms with Gasteiger partial charge in [0.2, 0.25) is 0 Å². The number of carbonyl (C=O) groups is 1. The summed E-state index contributed by atoms with van der Waals surface area (Å²) in [5.41, 5.74) is 0.206. The zero-order valence-corrected chi connectivity index (χ0v) is 11.8. The monoisotopic (exact) mass is 298 g/mol. The Morgan fingerprint density at radius 1 is 1.37 bits per heavy atom. The van der Waals surface area contributed by atoms with E-state index in [9.17, 15) is 4.79 Å². The molecule has 2 aromatic heterocycles. The van der Waals surface area contributed by atoms with Crippen molar-refractivity contribution in [2.24, 2.45) is 0 Å². The summed E-state index contributed by atoms with van der Waals surface area (Å²) in [7, 11) is 0. The predicted octanol–water partition coefficient (Wildman–Crippen LogP) is 2.82. The van der Waals surface area contributed by atoms with E-state index >= 15 is 0 Å². The third-order valence-electron chi connectivity index (χ3n) is 2.52. The average Bonchev–Trinajstić information content (AvgIpc) is 2.77. The molecule has 0 fully saturated rings.